The van der Waals surface area contributed by atoms with E-state index in [1.54, 1.807) is 0 Å². The monoisotopic (exact) mass is 231 g/mol. The van der Waals surface area contributed by atoms with Crippen LogP contribution in [-0.2, 0) is 4.74 Å². The first-order chi connectivity index (χ1) is 7.50. The Labute approximate surface area is 93.2 Å². The van der Waals surface area contributed by atoms with Crippen molar-refractivity contribution in [3.63, 3.8) is 0 Å². The molecule has 0 heterocycles. The molecule has 0 aliphatic rings. The molecule has 0 unspecified atom stereocenters. The Kier molecular flexibility index (Phi) is 4.49. The summed E-state index contributed by atoms with van der Waals surface area (Å²) >= 11 is 0. The Bertz CT molecular complexity index is 356. The van der Waals surface area contributed by atoms with Crippen LogP contribution < -0.4 is 10.5 Å². The first kappa shape index (κ1) is 12.7. The van der Waals surface area contributed by atoms with Crippen molar-refractivity contribution in [3.8, 4) is 5.75 Å². The first-order valence-corrected chi connectivity index (χ1v) is 4.99. The van der Waals surface area contributed by atoms with Crippen LogP contribution in [0.1, 0.15) is 13.8 Å². The highest BCUT2D eigenvalue weighted by molar-refractivity contribution is 5.44. The molecule has 0 spiro atoms. The summed E-state index contributed by atoms with van der Waals surface area (Å²) in [6.45, 7) is 4.24. The van der Waals surface area contributed by atoms with E-state index in [9.17, 15) is 8.78 Å². The van der Waals surface area contributed by atoms with Crippen LogP contribution in [0.2, 0.25) is 0 Å². The largest absolute Gasteiger partial charge is 0.488 e. The molecule has 0 aromatic heterocycles. The Morgan fingerprint density at radius 2 is 1.88 bits per heavy atom. The van der Waals surface area contributed by atoms with E-state index < -0.39 is 11.6 Å². The normalized spacial score (nSPS) is 10.8. The quantitative estimate of drug-likeness (QED) is 0.625. The number of rotatable bonds is 5. The molecule has 0 atom stereocenters. The summed E-state index contributed by atoms with van der Waals surface area (Å²) in [6, 6.07) is 1.83. The van der Waals surface area contributed by atoms with Gasteiger partial charge in [0.15, 0.2) is 11.6 Å². The lowest BCUT2D eigenvalue weighted by Gasteiger charge is -2.10. The smallest absolute Gasteiger partial charge is 0.167 e. The second kappa shape index (κ2) is 5.65. The molecule has 0 saturated carbocycles. The van der Waals surface area contributed by atoms with Gasteiger partial charge in [-0.3, -0.25) is 0 Å². The molecule has 16 heavy (non-hydrogen) atoms. The molecule has 0 aliphatic heterocycles. The minimum Gasteiger partial charge on any atom is -0.488 e. The van der Waals surface area contributed by atoms with Crippen molar-refractivity contribution in [1.29, 1.82) is 0 Å². The fourth-order valence-electron chi connectivity index (χ4n) is 1.09. The lowest BCUT2D eigenvalue weighted by Crippen LogP contribution is -2.12. The Morgan fingerprint density at radius 1 is 1.19 bits per heavy atom. The van der Waals surface area contributed by atoms with Crippen LogP contribution in [0.5, 0.6) is 5.75 Å². The first-order valence-electron chi connectivity index (χ1n) is 4.99. The van der Waals surface area contributed by atoms with Gasteiger partial charge in [-0.15, -0.1) is 0 Å². The van der Waals surface area contributed by atoms with Crippen molar-refractivity contribution in [2.75, 3.05) is 18.9 Å². The second-order valence-corrected chi connectivity index (χ2v) is 3.57. The molecule has 0 saturated heterocycles. The Hall–Kier alpha value is -1.36. The average molecular weight is 231 g/mol. The topological polar surface area (TPSA) is 44.5 Å². The van der Waals surface area contributed by atoms with E-state index in [1.807, 2.05) is 13.8 Å². The van der Waals surface area contributed by atoms with Gasteiger partial charge < -0.3 is 15.2 Å². The summed E-state index contributed by atoms with van der Waals surface area (Å²) in [6.07, 6.45) is 0.0802. The Balaban J connectivity index is 2.51. The van der Waals surface area contributed by atoms with Crippen LogP contribution in [0.25, 0.3) is 0 Å². The third-order valence-corrected chi connectivity index (χ3v) is 1.84. The van der Waals surface area contributed by atoms with Gasteiger partial charge in [0.05, 0.1) is 18.4 Å². The predicted molar refractivity (Wildman–Crippen MR) is 57.4 cm³/mol. The van der Waals surface area contributed by atoms with Crippen molar-refractivity contribution < 1.29 is 18.3 Å². The zero-order valence-corrected chi connectivity index (χ0v) is 9.30. The molecule has 90 valence electrons. The number of nitrogens with two attached hydrogens (primary N) is 1. The highest BCUT2D eigenvalue weighted by Gasteiger charge is 2.08. The zero-order chi connectivity index (χ0) is 12.1. The van der Waals surface area contributed by atoms with Crippen LogP contribution in [0.4, 0.5) is 14.5 Å². The van der Waals surface area contributed by atoms with Crippen LogP contribution in [0.15, 0.2) is 12.1 Å². The average Bonchev–Trinajstić information content (AvgIpc) is 2.19. The highest BCUT2D eigenvalue weighted by Crippen LogP contribution is 2.22. The van der Waals surface area contributed by atoms with Gasteiger partial charge in [-0.1, -0.05) is 0 Å². The molecule has 5 heteroatoms. The molecule has 0 aliphatic carbocycles. The minimum atomic E-state index is -0.693. The molecular formula is C11H15F2NO2. The summed E-state index contributed by atoms with van der Waals surface area (Å²) in [5.74, 6) is -1.52. The number of nitrogen functional groups attached to an aromatic ring is 1. The molecule has 0 fully saturated rings. The minimum absolute atomic E-state index is 0.0802. The number of ether oxygens (including phenoxy) is 2. The number of anilines is 1. The van der Waals surface area contributed by atoms with E-state index >= 15 is 0 Å². The molecular weight excluding hydrogens is 216 g/mol. The molecule has 0 amide bonds. The number of benzene rings is 1. The van der Waals surface area contributed by atoms with Gasteiger partial charge >= 0.3 is 0 Å². The van der Waals surface area contributed by atoms with E-state index in [0.29, 0.717) is 6.61 Å². The molecule has 3 nitrogen and oxygen atoms in total. The van der Waals surface area contributed by atoms with E-state index in [0.717, 1.165) is 12.1 Å². The fraction of sp³-hybridized carbons (Fsp3) is 0.455. The van der Waals surface area contributed by atoms with Crippen LogP contribution in [0, 0.1) is 11.6 Å². The summed E-state index contributed by atoms with van der Waals surface area (Å²) in [7, 11) is 0. The van der Waals surface area contributed by atoms with E-state index in [-0.39, 0.29) is 24.1 Å². The lowest BCUT2D eigenvalue weighted by molar-refractivity contribution is 0.0543. The van der Waals surface area contributed by atoms with E-state index in [2.05, 4.69) is 0 Å². The van der Waals surface area contributed by atoms with Gasteiger partial charge in [0.1, 0.15) is 12.4 Å². The number of hydrogen-bond acceptors (Lipinski definition) is 3. The van der Waals surface area contributed by atoms with Crippen molar-refractivity contribution in [1.82, 2.24) is 0 Å². The molecule has 1 aromatic carbocycles. The van der Waals surface area contributed by atoms with Crippen molar-refractivity contribution in [3.05, 3.63) is 23.8 Å². The van der Waals surface area contributed by atoms with Gasteiger partial charge in [0.25, 0.3) is 0 Å². The van der Waals surface area contributed by atoms with Gasteiger partial charge in [-0.05, 0) is 13.8 Å². The molecule has 0 bridgehead atoms. The predicted octanol–water partition coefficient (Wildman–Crippen LogP) is 2.35. The second-order valence-electron chi connectivity index (χ2n) is 3.57. The molecule has 0 radical (unpaired) electrons. The van der Waals surface area contributed by atoms with E-state index in [4.69, 9.17) is 15.2 Å². The molecule has 2 N–H and O–H groups in total. The maximum atomic E-state index is 13.2. The summed E-state index contributed by atoms with van der Waals surface area (Å²) in [4.78, 5) is 0. The molecule has 1 aromatic rings. The van der Waals surface area contributed by atoms with Gasteiger partial charge in [-0.25, -0.2) is 8.78 Å². The zero-order valence-electron chi connectivity index (χ0n) is 9.30. The summed E-state index contributed by atoms with van der Waals surface area (Å²) in [5.41, 5.74) is 4.96. The van der Waals surface area contributed by atoms with Gasteiger partial charge in [-0.2, -0.15) is 0 Å². The Morgan fingerprint density at radius 3 is 2.50 bits per heavy atom. The van der Waals surface area contributed by atoms with Crippen LogP contribution >= 0.6 is 0 Å². The van der Waals surface area contributed by atoms with E-state index in [1.165, 1.54) is 0 Å². The summed E-state index contributed by atoms with van der Waals surface area (Å²) < 4.78 is 36.4. The van der Waals surface area contributed by atoms with Gasteiger partial charge in [0.2, 0.25) is 0 Å². The highest BCUT2D eigenvalue weighted by atomic mass is 19.1. The summed E-state index contributed by atoms with van der Waals surface area (Å²) in [5, 5.41) is 0. The van der Waals surface area contributed by atoms with Gasteiger partial charge in [0, 0.05) is 12.1 Å². The standard InChI is InChI=1S/C11H15F2NO2/c1-7(2)15-3-4-16-11-6-8(12)10(14)5-9(11)13/h5-7H,3-4,14H2,1-2H3. The number of halogens is 2. The lowest BCUT2D eigenvalue weighted by atomic mass is 10.3. The van der Waals surface area contributed by atoms with Crippen molar-refractivity contribution >= 4 is 5.69 Å². The molecule has 1 rings (SSSR count). The fourth-order valence-corrected chi connectivity index (χ4v) is 1.09. The third-order valence-electron chi connectivity index (χ3n) is 1.84. The van der Waals surface area contributed by atoms with Crippen LogP contribution in [0.3, 0.4) is 0 Å². The third kappa shape index (κ3) is 3.66. The maximum absolute atomic E-state index is 13.2. The van der Waals surface area contributed by atoms with Crippen LogP contribution in [-0.4, -0.2) is 19.3 Å². The number of hydrogen-bond donors (Lipinski definition) is 1. The van der Waals surface area contributed by atoms with Crippen molar-refractivity contribution in [2.24, 2.45) is 0 Å². The SMILES string of the molecule is CC(C)OCCOc1cc(F)c(N)cc1F. The van der Waals surface area contributed by atoms with Crippen molar-refractivity contribution in [2.45, 2.75) is 20.0 Å². The maximum Gasteiger partial charge on any atom is 0.167 e.